The fourth-order valence-corrected chi connectivity index (χ4v) is 2.41. The summed E-state index contributed by atoms with van der Waals surface area (Å²) >= 11 is 0. The third kappa shape index (κ3) is 2.74. The third-order valence-electron chi connectivity index (χ3n) is 3.71. The van der Waals surface area contributed by atoms with Gasteiger partial charge < -0.3 is 15.0 Å². The first-order chi connectivity index (χ1) is 10.1. The molecule has 2 N–H and O–H groups in total. The Balaban J connectivity index is 1.83. The minimum Gasteiger partial charge on any atom is -0.508 e. The minimum atomic E-state index is -0.734. The van der Waals surface area contributed by atoms with Crippen molar-refractivity contribution in [1.82, 2.24) is 14.9 Å². The molecule has 0 radical (unpaired) electrons. The molecule has 2 aromatic rings. The third-order valence-corrected chi connectivity index (χ3v) is 3.71. The molecule has 3 rings (SSSR count). The highest BCUT2D eigenvalue weighted by molar-refractivity contribution is 5.94. The summed E-state index contributed by atoms with van der Waals surface area (Å²) in [6.45, 7) is 0. The van der Waals surface area contributed by atoms with E-state index in [0.717, 1.165) is 24.7 Å². The van der Waals surface area contributed by atoms with E-state index in [4.69, 9.17) is 0 Å². The summed E-state index contributed by atoms with van der Waals surface area (Å²) in [5, 5.41) is 12.1. The lowest BCUT2D eigenvalue weighted by molar-refractivity contribution is 0.0925. The Morgan fingerprint density at radius 1 is 1.52 bits per heavy atom. The van der Waals surface area contributed by atoms with Gasteiger partial charge in [-0.25, -0.2) is 9.37 Å². The number of nitrogens with one attached hydrogen (secondary N) is 1. The van der Waals surface area contributed by atoms with E-state index in [1.165, 1.54) is 12.1 Å². The van der Waals surface area contributed by atoms with E-state index < -0.39 is 11.7 Å². The summed E-state index contributed by atoms with van der Waals surface area (Å²) in [5.41, 5.74) is -0.0762. The molecule has 1 aliphatic rings. The van der Waals surface area contributed by atoms with Crippen molar-refractivity contribution in [2.75, 3.05) is 0 Å². The van der Waals surface area contributed by atoms with Gasteiger partial charge in [-0.15, -0.1) is 0 Å². The quantitative estimate of drug-likeness (QED) is 0.906. The molecule has 21 heavy (non-hydrogen) atoms. The predicted molar refractivity (Wildman–Crippen MR) is 74.2 cm³/mol. The van der Waals surface area contributed by atoms with Gasteiger partial charge in [-0.2, -0.15) is 0 Å². The molecule has 1 saturated carbocycles. The van der Waals surface area contributed by atoms with Crippen molar-refractivity contribution in [3.63, 3.8) is 0 Å². The Bertz CT molecular complexity index is 679. The number of halogens is 1. The summed E-state index contributed by atoms with van der Waals surface area (Å²) in [5.74, 6) is -0.318. The molecule has 1 unspecified atom stereocenters. The van der Waals surface area contributed by atoms with Crippen molar-refractivity contribution in [3.05, 3.63) is 47.8 Å². The van der Waals surface area contributed by atoms with Gasteiger partial charge >= 0.3 is 0 Å². The number of nitrogens with zero attached hydrogens (tertiary/aromatic N) is 2. The van der Waals surface area contributed by atoms with Crippen LogP contribution in [0.4, 0.5) is 4.39 Å². The van der Waals surface area contributed by atoms with Crippen molar-refractivity contribution in [2.45, 2.75) is 18.9 Å². The van der Waals surface area contributed by atoms with Gasteiger partial charge in [0.1, 0.15) is 17.4 Å². The molecule has 1 heterocycles. The maximum atomic E-state index is 13.7. The number of benzene rings is 1. The smallest absolute Gasteiger partial charge is 0.254 e. The van der Waals surface area contributed by atoms with Crippen LogP contribution in [0.3, 0.4) is 0 Å². The first-order valence-electron chi connectivity index (χ1n) is 6.83. The van der Waals surface area contributed by atoms with Crippen molar-refractivity contribution < 1.29 is 14.3 Å². The molecule has 1 aromatic carbocycles. The molecule has 1 aromatic heterocycles. The van der Waals surface area contributed by atoms with E-state index in [-0.39, 0.29) is 17.4 Å². The molecular formula is C15H16FN3O2. The highest BCUT2D eigenvalue weighted by Crippen LogP contribution is 2.40. The topological polar surface area (TPSA) is 67.2 Å². The van der Waals surface area contributed by atoms with Crippen LogP contribution in [0, 0.1) is 11.7 Å². The summed E-state index contributed by atoms with van der Waals surface area (Å²) in [6, 6.07) is 3.29. The lowest BCUT2D eigenvalue weighted by atomic mass is 10.1. The Morgan fingerprint density at radius 2 is 2.29 bits per heavy atom. The maximum Gasteiger partial charge on any atom is 0.254 e. The first-order valence-corrected chi connectivity index (χ1v) is 6.83. The number of phenols is 1. The number of aryl methyl sites for hydroxylation is 1. The predicted octanol–water partition coefficient (Wildman–Crippen LogP) is 2.15. The summed E-state index contributed by atoms with van der Waals surface area (Å²) in [4.78, 5) is 16.5. The fourth-order valence-electron chi connectivity index (χ4n) is 2.41. The van der Waals surface area contributed by atoms with Crippen LogP contribution in [-0.4, -0.2) is 20.6 Å². The van der Waals surface area contributed by atoms with Crippen LogP contribution in [0.1, 0.15) is 35.1 Å². The van der Waals surface area contributed by atoms with E-state index >= 15 is 0 Å². The van der Waals surface area contributed by atoms with E-state index in [0.29, 0.717) is 5.92 Å². The van der Waals surface area contributed by atoms with Gasteiger partial charge in [-0.05, 0) is 30.9 Å². The van der Waals surface area contributed by atoms with E-state index in [2.05, 4.69) is 10.3 Å². The number of hydrogen-bond acceptors (Lipinski definition) is 3. The number of rotatable bonds is 4. The maximum absolute atomic E-state index is 13.7. The average Bonchev–Trinajstić information content (AvgIpc) is 3.18. The minimum absolute atomic E-state index is 0.0762. The fraction of sp³-hybridized carbons (Fsp3) is 0.333. The van der Waals surface area contributed by atoms with Gasteiger partial charge in [0.15, 0.2) is 0 Å². The number of hydrogen-bond donors (Lipinski definition) is 2. The van der Waals surface area contributed by atoms with Crippen LogP contribution in [0.15, 0.2) is 30.6 Å². The number of amides is 1. The standard InChI is InChI=1S/C15H16FN3O2/c1-19-7-6-17-14(19)13(9-2-3-9)18-15(21)11-5-4-10(20)8-12(11)16/h4-9,13,20H,2-3H2,1H3,(H,18,21). The van der Waals surface area contributed by atoms with Gasteiger partial charge in [-0.3, -0.25) is 4.79 Å². The van der Waals surface area contributed by atoms with Crippen molar-refractivity contribution in [3.8, 4) is 5.75 Å². The molecular weight excluding hydrogens is 273 g/mol. The molecule has 1 atom stereocenters. The lowest BCUT2D eigenvalue weighted by Gasteiger charge is -2.18. The highest BCUT2D eigenvalue weighted by Gasteiger charge is 2.36. The monoisotopic (exact) mass is 289 g/mol. The Hall–Kier alpha value is -2.37. The van der Waals surface area contributed by atoms with Crippen LogP contribution in [0.2, 0.25) is 0 Å². The molecule has 0 bridgehead atoms. The molecule has 5 nitrogen and oxygen atoms in total. The van der Waals surface area contributed by atoms with Crippen molar-refractivity contribution in [1.29, 1.82) is 0 Å². The Labute approximate surface area is 121 Å². The molecule has 1 fully saturated rings. The van der Waals surface area contributed by atoms with Crippen molar-refractivity contribution >= 4 is 5.91 Å². The molecule has 1 amide bonds. The van der Waals surface area contributed by atoms with Crippen LogP contribution in [-0.2, 0) is 7.05 Å². The Kier molecular flexibility index (Phi) is 3.37. The second kappa shape index (κ2) is 5.20. The summed E-state index contributed by atoms with van der Waals surface area (Å²) < 4.78 is 15.6. The Morgan fingerprint density at radius 3 is 2.86 bits per heavy atom. The number of imidazole rings is 1. The SMILES string of the molecule is Cn1ccnc1C(NC(=O)c1ccc(O)cc1F)C1CC1. The second-order valence-electron chi connectivity index (χ2n) is 5.35. The molecule has 110 valence electrons. The van der Waals surface area contributed by atoms with Crippen LogP contribution >= 0.6 is 0 Å². The average molecular weight is 289 g/mol. The lowest BCUT2D eigenvalue weighted by Crippen LogP contribution is -2.32. The molecule has 6 heteroatoms. The van der Waals surface area contributed by atoms with Crippen LogP contribution in [0.25, 0.3) is 0 Å². The largest absolute Gasteiger partial charge is 0.508 e. The summed E-state index contributed by atoms with van der Waals surface area (Å²) in [6.07, 6.45) is 5.54. The normalized spacial score (nSPS) is 15.7. The van der Waals surface area contributed by atoms with Gasteiger partial charge in [0.25, 0.3) is 5.91 Å². The molecule has 0 aliphatic heterocycles. The number of phenolic OH excluding ortho intramolecular Hbond substituents is 1. The van der Waals surface area contributed by atoms with Crippen LogP contribution < -0.4 is 5.32 Å². The van der Waals surface area contributed by atoms with E-state index in [1.807, 2.05) is 17.8 Å². The zero-order valence-electron chi connectivity index (χ0n) is 11.6. The van der Waals surface area contributed by atoms with E-state index in [9.17, 15) is 14.3 Å². The highest BCUT2D eigenvalue weighted by atomic mass is 19.1. The van der Waals surface area contributed by atoms with Gasteiger partial charge in [0, 0.05) is 25.5 Å². The number of carbonyl (C=O) groups excluding carboxylic acids is 1. The zero-order valence-corrected chi connectivity index (χ0v) is 11.6. The van der Waals surface area contributed by atoms with Gasteiger partial charge in [0.2, 0.25) is 0 Å². The van der Waals surface area contributed by atoms with Crippen LogP contribution in [0.5, 0.6) is 5.75 Å². The van der Waals surface area contributed by atoms with Crippen molar-refractivity contribution in [2.24, 2.45) is 13.0 Å². The van der Waals surface area contributed by atoms with Gasteiger partial charge in [0.05, 0.1) is 11.6 Å². The number of aromatic nitrogens is 2. The summed E-state index contributed by atoms with van der Waals surface area (Å²) in [7, 11) is 1.87. The molecule has 1 aliphatic carbocycles. The molecule has 0 spiro atoms. The van der Waals surface area contributed by atoms with E-state index in [1.54, 1.807) is 6.20 Å². The number of aromatic hydroxyl groups is 1. The van der Waals surface area contributed by atoms with Gasteiger partial charge in [-0.1, -0.05) is 0 Å². The first kappa shape index (κ1) is 13.6. The second-order valence-corrected chi connectivity index (χ2v) is 5.35. The number of carbonyl (C=O) groups is 1. The molecule has 0 saturated heterocycles. The zero-order chi connectivity index (χ0) is 15.0.